The van der Waals surface area contributed by atoms with Gasteiger partial charge in [-0.2, -0.15) is 9.29 Å². The van der Waals surface area contributed by atoms with Gasteiger partial charge in [0.05, 0.1) is 4.90 Å². The maximum absolute atomic E-state index is 12.6. The first-order valence-corrected chi connectivity index (χ1v) is 10.4. The predicted molar refractivity (Wildman–Crippen MR) is 99.3 cm³/mol. The number of aromatic nitrogens is 2. The molecule has 0 unspecified atom stereocenters. The van der Waals surface area contributed by atoms with Crippen LogP contribution in [0.1, 0.15) is 12.8 Å². The number of hydrogen-bond donors (Lipinski definition) is 0. The van der Waals surface area contributed by atoms with E-state index < -0.39 is 10.0 Å². The van der Waals surface area contributed by atoms with Gasteiger partial charge in [0.15, 0.2) is 11.5 Å². The third-order valence-corrected chi connectivity index (χ3v) is 6.77. The van der Waals surface area contributed by atoms with Crippen molar-refractivity contribution in [2.75, 3.05) is 19.9 Å². The van der Waals surface area contributed by atoms with Crippen molar-refractivity contribution in [2.24, 2.45) is 0 Å². The zero-order valence-electron chi connectivity index (χ0n) is 14.9. The Kier molecular flexibility index (Phi) is 4.06. The lowest BCUT2D eigenvalue weighted by molar-refractivity contribution is 0.174. The topological polar surface area (TPSA) is 94.8 Å². The van der Waals surface area contributed by atoms with E-state index in [1.54, 1.807) is 36.4 Å². The van der Waals surface area contributed by atoms with Gasteiger partial charge in [-0.05, 0) is 55.3 Å². The summed E-state index contributed by atoms with van der Waals surface area (Å²) in [7, 11) is -3.44. The minimum Gasteiger partial charge on any atom is -0.454 e. The summed E-state index contributed by atoms with van der Waals surface area (Å²) in [6.45, 7) is 1.35. The van der Waals surface area contributed by atoms with Crippen LogP contribution in [0.5, 0.6) is 11.5 Å². The van der Waals surface area contributed by atoms with E-state index in [1.807, 2.05) is 6.07 Å². The summed E-state index contributed by atoms with van der Waals surface area (Å²) < 4.78 is 42.8. The number of rotatable bonds is 4. The Morgan fingerprint density at radius 3 is 2.39 bits per heavy atom. The fraction of sp³-hybridized carbons (Fsp3) is 0.263. The molecule has 0 N–H and O–H groups in total. The summed E-state index contributed by atoms with van der Waals surface area (Å²) >= 11 is 0. The molecule has 0 saturated carbocycles. The van der Waals surface area contributed by atoms with Gasteiger partial charge in [0.1, 0.15) is 0 Å². The average molecular weight is 399 g/mol. The van der Waals surface area contributed by atoms with Crippen LogP contribution >= 0.6 is 0 Å². The minimum atomic E-state index is -3.44. The molecular weight excluding hydrogens is 382 g/mol. The lowest BCUT2D eigenvalue weighted by Gasteiger charge is -2.15. The van der Waals surface area contributed by atoms with Crippen LogP contribution in [0.15, 0.2) is 51.9 Å². The molecule has 0 radical (unpaired) electrons. The molecule has 2 aliphatic heterocycles. The van der Waals surface area contributed by atoms with Gasteiger partial charge >= 0.3 is 0 Å². The fourth-order valence-corrected chi connectivity index (χ4v) is 4.86. The van der Waals surface area contributed by atoms with Gasteiger partial charge < -0.3 is 14.0 Å². The second kappa shape index (κ2) is 6.61. The quantitative estimate of drug-likeness (QED) is 0.666. The molecule has 144 valence electrons. The molecule has 2 aliphatic rings. The molecule has 2 aromatic carbocycles. The largest absolute Gasteiger partial charge is 0.454 e. The van der Waals surface area contributed by atoms with E-state index in [-0.39, 0.29) is 11.7 Å². The molecule has 1 fully saturated rings. The highest BCUT2D eigenvalue weighted by Gasteiger charge is 2.27. The lowest BCUT2D eigenvalue weighted by Crippen LogP contribution is -2.27. The van der Waals surface area contributed by atoms with Crippen molar-refractivity contribution >= 4 is 10.0 Å². The molecule has 8 nitrogen and oxygen atoms in total. The summed E-state index contributed by atoms with van der Waals surface area (Å²) in [5, 5.41) is 4.01. The number of ether oxygens (including phenoxy) is 2. The highest BCUT2D eigenvalue weighted by Crippen LogP contribution is 2.36. The molecule has 1 saturated heterocycles. The second-order valence-electron chi connectivity index (χ2n) is 6.63. The first-order chi connectivity index (χ1) is 13.6. The van der Waals surface area contributed by atoms with Gasteiger partial charge in [-0.3, -0.25) is 0 Å². The molecule has 0 atom stereocenters. The number of sulfonamides is 1. The predicted octanol–water partition coefficient (Wildman–Crippen LogP) is 2.92. The van der Waals surface area contributed by atoms with E-state index in [4.69, 9.17) is 14.0 Å². The van der Waals surface area contributed by atoms with E-state index in [9.17, 15) is 8.42 Å². The number of fused-ring (bicyclic) bond motifs is 1. The Morgan fingerprint density at radius 1 is 0.893 bits per heavy atom. The van der Waals surface area contributed by atoms with Crippen LogP contribution in [0.3, 0.4) is 0 Å². The van der Waals surface area contributed by atoms with Gasteiger partial charge in [0.25, 0.3) is 5.89 Å². The average Bonchev–Trinajstić information content (AvgIpc) is 3.49. The van der Waals surface area contributed by atoms with Gasteiger partial charge in [-0.25, -0.2) is 8.42 Å². The van der Waals surface area contributed by atoms with Crippen molar-refractivity contribution in [1.29, 1.82) is 0 Å². The highest BCUT2D eigenvalue weighted by atomic mass is 32.2. The summed E-state index contributed by atoms with van der Waals surface area (Å²) in [6, 6.07) is 11.9. The summed E-state index contributed by atoms with van der Waals surface area (Å²) in [6.07, 6.45) is 1.81. The normalized spacial score (nSPS) is 16.6. The maximum atomic E-state index is 12.6. The van der Waals surface area contributed by atoms with Crippen molar-refractivity contribution in [3.63, 3.8) is 0 Å². The summed E-state index contributed by atoms with van der Waals surface area (Å²) in [5.74, 6) is 2.05. The van der Waals surface area contributed by atoms with E-state index in [0.29, 0.717) is 41.9 Å². The number of nitrogens with zero attached hydrogens (tertiary/aromatic N) is 3. The van der Waals surface area contributed by atoms with E-state index >= 15 is 0 Å². The fourth-order valence-electron chi connectivity index (χ4n) is 3.34. The molecular formula is C19H17N3O5S. The first-order valence-electron chi connectivity index (χ1n) is 8.96. The van der Waals surface area contributed by atoms with Crippen molar-refractivity contribution in [1.82, 2.24) is 14.4 Å². The smallest absolute Gasteiger partial charge is 0.258 e. The highest BCUT2D eigenvalue weighted by molar-refractivity contribution is 7.89. The van der Waals surface area contributed by atoms with Crippen LogP contribution in [0.25, 0.3) is 22.8 Å². The van der Waals surface area contributed by atoms with Gasteiger partial charge in [-0.15, -0.1) is 0 Å². The second-order valence-corrected chi connectivity index (χ2v) is 8.56. The molecule has 0 amide bonds. The Balaban J connectivity index is 1.40. The minimum absolute atomic E-state index is 0.195. The van der Waals surface area contributed by atoms with Crippen LogP contribution < -0.4 is 9.47 Å². The van der Waals surface area contributed by atoms with Crippen LogP contribution in [0, 0.1) is 0 Å². The zero-order valence-corrected chi connectivity index (χ0v) is 15.7. The summed E-state index contributed by atoms with van der Waals surface area (Å²) in [4.78, 5) is 4.69. The molecule has 3 heterocycles. The number of benzene rings is 2. The molecule has 28 heavy (non-hydrogen) atoms. The molecule has 0 bridgehead atoms. The monoisotopic (exact) mass is 399 g/mol. The molecule has 5 rings (SSSR count). The third-order valence-electron chi connectivity index (χ3n) is 4.86. The van der Waals surface area contributed by atoms with Crippen LogP contribution in [-0.4, -0.2) is 42.7 Å². The Labute approximate surface area is 161 Å². The molecule has 1 aromatic heterocycles. The lowest BCUT2D eigenvalue weighted by atomic mass is 10.2. The molecule has 9 heteroatoms. The standard InChI is InChI=1S/C19H17N3O5S/c23-28(24,22-9-1-2-10-22)15-6-3-13(4-7-15)18-20-19(27-21-18)14-5-8-16-17(11-14)26-12-25-16/h3-8,11H,1-2,9-10,12H2. The Bertz CT molecular complexity index is 1120. The van der Waals surface area contributed by atoms with Crippen LogP contribution in [0.2, 0.25) is 0 Å². The molecule has 0 aliphatic carbocycles. The molecule has 3 aromatic rings. The van der Waals surface area contributed by atoms with Crippen LogP contribution in [-0.2, 0) is 10.0 Å². The maximum Gasteiger partial charge on any atom is 0.258 e. The van der Waals surface area contributed by atoms with Crippen molar-refractivity contribution in [3.8, 4) is 34.3 Å². The Morgan fingerprint density at radius 2 is 1.61 bits per heavy atom. The summed E-state index contributed by atoms with van der Waals surface area (Å²) in [5.41, 5.74) is 1.40. The van der Waals surface area contributed by atoms with E-state index in [0.717, 1.165) is 18.4 Å². The SMILES string of the molecule is O=S(=O)(c1ccc(-c2noc(-c3ccc4c(c3)OCO4)n2)cc1)N1CCCC1. The van der Waals surface area contributed by atoms with Crippen molar-refractivity contribution in [2.45, 2.75) is 17.7 Å². The van der Waals surface area contributed by atoms with Crippen LogP contribution in [0.4, 0.5) is 0 Å². The zero-order chi connectivity index (χ0) is 19.1. The van der Waals surface area contributed by atoms with Gasteiger partial charge in [-0.1, -0.05) is 5.16 Å². The van der Waals surface area contributed by atoms with E-state index in [2.05, 4.69) is 10.1 Å². The van der Waals surface area contributed by atoms with Gasteiger partial charge in [0.2, 0.25) is 22.6 Å². The third kappa shape index (κ3) is 2.92. The molecule has 0 spiro atoms. The van der Waals surface area contributed by atoms with Crippen molar-refractivity contribution in [3.05, 3.63) is 42.5 Å². The first kappa shape index (κ1) is 17.2. The van der Waals surface area contributed by atoms with Gasteiger partial charge in [0, 0.05) is 24.2 Å². The Hall–Kier alpha value is -2.91. The van der Waals surface area contributed by atoms with Crippen molar-refractivity contribution < 1.29 is 22.4 Å². The van der Waals surface area contributed by atoms with E-state index in [1.165, 1.54) is 4.31 Å². The number of hydrogen-bond acceptors (Lipinski definition) is 7.